The Morgan fingerprint density at radius 2 is 2.00 bits per heavy atom. The van der Waals surface area contributed by atoms with E-state index in [2.05, 4.69) is 25.3 Å². The largest absolute Gasteiger partial charge is 0.338 e. The number of aromatic nitrogens is 6. The molecule has 0 atom stereocenters. The second kappa shape index (κ2) is 7.09. The lowest BCUT2D eigenvalue weighted by atomic mass is 10.1. The Kier molecular flexibility index (Phi) is 4.49. The molecule has 0 aliphatic carbocycles. The summed E-state index contributed by atoms with van der Waals surface area (Å²) in [4.78, 5) is 8.61. The fourth-order valence-corrected chi connectivity index (χ4v) is 3.31. The first-order chi connectivity index (χ1) is 12.7. The molecule has 7 nitrogen and oxygen atoms in total. The van der Waals surface area contributed by atoms with E-state index in [9.17, 15) is 0 Å². The van der Waals surface area contributed by atoms with Crippen LogP contribution in [-0.4, -0.2) is 29.9 Å². The van der Waals surface area contributed by atoms with E-state index in [0.29, 0.717) is 17.5 Å². The number of rotatable bonds is 5. The highest BCUT2D eigenvalue weighted by Gasteiger charge is 2.14. The van der Waals surface area contributed by atoms with E-state index in [1.807, 2.05) is 54.9 Å². The van der Waals surface area contributed by atoms with E-state index in [0.717, 1.165) is 27.7 Å². The van der Waals surface area contributed by atoms with E-state index < -0.39 is 0 Å². The van der Waals surface area contributed by atoms with Crippen LogP contribution in [0.3, 0.4) is 0 Å². The number of hydrogen-bond acceptors (Lipinski definition) is 7. The van der Waals surface area contributed by atoms with E-state index in [-0.39, 0.29) is 0 Å². The van der Waals surface area contributed by atoms with Crippen LogP contribution in [0, 0.1) is 6.92 Å². The normalized spacial score (nSPS) is 11.0. The van der Waals surface area contributed by atoms with Gasteiger partial charge in [-0.1, -0.05) is 41.2 Å². The van der Waals surface area contributed by atoms with Crippen molar-refractivity contribution in [3.63, 3.8) is 0 Å². The maximum atomic E-state index is 5.38. The van der Waals surface area contributed by atoms with Gasteiger partial charge in [-0.2, -0.15) is 4.98 Å². The molecule has 0 unspecified atom stereocenters. The smallest absolute Gasteiger partial charge is 0.237 e. The SMILES string of the molecule is Cc1ccccc1-c1noc(CSc2nnc(-c3cccnc3)n2C)n1. The Morgan fingerprint density at radius 3 is 2.81 bits per heavy atom. The van der Waals surface area contributed by atoms with Gasteiger partial charge in [-0.3, -0.25) is 4.98 Å². The second-order valence-electron chi connectivity index (χ2n) is 5.72. The van der Waals surface area contributed by atoms with Gasteiger partial charge in [-0.15, -0.1) is 10.2 Å². The van der Waals surface area contributed by atoms with Crippen LogP contribution in [-0.2, 0) is 12.8 Å². The van der Waals surface area contributed by atoms with Crippen molar-refractivity contribution >= 4 is 11.8 Å². The molecule has 1 aromatic carbocycles. The first-order valence-electron chi connectivity index (χ1n) is 8.03. The van der Waals surface area contributed by atoms with Crippen LogP contribution in [0.1, 0.15) is 11.5 Å². The first-order valence-corrected chi connectivity index (χ1v) is 9.02. The van der Waals surface area contributed by atoms with Crippen molar-refractivity contribution in [3.8, 4) is 22.8 Å². The number of benzene rings is 1. The fraction of sp³-hybridized carbons (Fsp3) is 0.167. The average Bonchev–Trinajstić information content (AvgIpc) is 3.28. The molecule has 0 aliphatic heterocycles. The molecule has 0 bridgehead atoms. The quantitative estimate of drug-likeness (QED) is 0.501. The van der Waals surface area contributed by atoms with Gasteiger partial charge in [-0.25, -0.2) is 0 Å². The Hall–Kier alpha value is -3.00. The molecule has 4 rings (SSSR count). The first kappa shape index (κ1) is 16.5. The molecule has 0 amide bonds. The lowest BCUT2D eigenvalue weighted by molar-refractivity contribution is 0.391. The Balaban J connectivity index is 1.49. The maximum Gasteiger partial charge on any atom is 0.237 e. The van der Waals surface area contributed by atoms with Crippen LogP contribution in [0.4, 0.5) is 0 Å². The summed E-state index contributed by atoms with van der Waals surface area (Å²) in [7, 11) is 1.93. The van der Waals surface area contributed by atoms with Gasteiger partial charge < -0.3 is 9.09 Å². The molecule has 26 heavy (non-hydrogen) atoms. The van der Waals surface area contributed by atoms with E-state index in [1.165, 1.54) is 11.8 Å². The van der Waals surface area contributed by atoms with Gasteiger partial charge in [0.05, 0.1) is 5.75 Å². The summed E-state index contributed by atoms with van der Waals surface area (Å²) < 4.78 is 7.31. The summed E-state index contributed by atoms with van der Waals surface area (Å²) in [6.07, 6.45) is 3.50. The van der Waals surface area contributed by atoms with Gasteiger partial charge in [0.1, 0.15) is 0 Å². The Morgan fingerprint density at radius 1 is 1.12 bits per heavy atom. The van der Waals surface area contributed by atoms with Crippen LogP contribution in [0.15, 0.2) is 58.5 Å². The predicted octanol–water partition coefficient (Wildman–Crippen LogP) is 3.53. The summed E-state index contributed by atoms with van der Waals surface area (Å²) in [5.74, 6) is 2.45. The molecule has 8 heteroatoms. The van der Waals surface area contributed by atoms with Crippen LogP contribution in [0.25, 0.3) is 22.8 Å². The third-order valence-electron chi connectivity index (χ3n) is 3.93. The zero-order chi connectivity index (χ0) is 17.9. The summed E-state index contributed by atoms with van der Waals surface area (Å²) in [5, 5.41) is 13.4. The van der Waals surface area contributed by atoms with Gasteiger partial charge >= 0.3 is 0 Å². The molecule has 0 radical (unpaired) electrons. The molecule has 0 saturated carbocycles. The van der Waals surface area contributed by atoms with Crippen molar-refractivity contribution in [2.24, 2.45) is 7.05 Å². The minimum absolute atomic E-state index is 0.526. The number of nitrogens with zero attached hydrogens (tertiary/aromatic N) is 6. The van der Waals surface area contributed by atoms with Crippen molar-refractivity contribution in [1.29, 1.82) is 0 Å². The number of aryl methyl sites for hydroxylation is 1. The van der Waals surface area contributed by atoms with E-state index in [4.69, 9.17) is 4.52 Å². The monoisotopic (exact) mass is 364 g/mol. The molecule has 3 aromatic heterocycles. The summed E-state index contributed by atoms with van der Waals surface area (Å²) >= 11 is 1.50. The van der Waals surface area contributed by atoms with Gasteiger partial charge in [0, 0.05) is 30.6 Å². The standard InChI is InChI=1S/C18H16N6OS/c1-12-6-3-4-8-14(12)16-20-15(25-23-16)11-26-18-22-21-17(24(18)2)13-7-5-9-19-10-13/h3-10H,11H2,1-2H3. The molecule has 0 N–H and O–H groups in total. The maximum absolute atomic E-state index is 5.38. The van der Waals surface area contributed by atoms with Crippen molar-refractivity contribution in [1.82, 2.24) is 29.9 Å². The van der Waals surface area contributed by atoms with Gasteiger partial charge in [-0.05, 0) is 24.6 Å². The summed E-state index contributed by atoms with van der Waals surface area (Å²) in [5.41, 5.74) is 3.01. The predicted molar refractivity (Wildman–Crippen MR) is 98.3 cm³/mol. The number of hydrogen-bond donors (Lipinski definition) is 0. The second-order valence-corrected chi connectivity index (χ2v) is 6.66. The molecular weight excluding hydrogens is 348 g/mol. The molecule has 130 valence electrons. The lowest BCUT2D eigenvalue weighted by Crippen LogP contribution is -1.95. The molecule has 0 aliphatic rings. The third-order valence-corrected chi connectivity index (χ3v) is 4.94. The van der Waals surface area contributed by atoms with Crippen LogP contribution >= 0.6 is 11.8 Å². The molecule has 0 fully saturated rings. The minimum atomic E-state index is 0.526. The topological polar surface area (TPSA) is 82.5 Å². The summed E-state index contributed by atoms with van der Waals surface area (Å²) in [6.45, 7) is 2.03. The Labute approximate surface area is 154 Å². The van der Waals surface area contributed by atoms with Crippen molar-refractivity contribution in [2.75, 3.05) is 0 Å². The molecular formula is C18H16N6OS. The highest BCUT2D eigenvalue weighted by Crippen LogP contribution is 2.26. The lowest BCUT2D eigenvalue weighted by Gasteiger charge is -2.02. The highest BCUT2D eigenvalue weighted by molar-refractivity contribution is 7.98. The van der Waals surface area contributed by atoms with Gasteiger partial charge in [0.15, 0.2) is 11.0 Å². The van der Waals surface area contributed by atoms with Gasteiger partial charge in [0.25, 0.3) is 0 Å². The molecule has 0 spiro atoms. The zero-order valence-electron chi connectivity index (χ0n) is 14.3. The third kappa shape index (κ3) is 3.23. The average molecular weight is 364 g/mol. The molecule has 3 heterocycles. The molecule has 4 aromatic rings. The van der Waals surface area contributed by atoms with E-state index in [1.54, 1.807) is 12.4 Å². The van der Waals surface area contributed by atoms with E-state index >= 15 is 0 Å². The fourth-order valence-electron chi connectivity index (χ4n) is 2.56. The van der Waals surface area contributed by atoms with Gasteiger partial charge in [0.2, 0.25) is 11.7 Å². The van der Waals surface area contributed by atoms with Crippen LogP contribution in [0.5, 0.6) is 0 Å². The Bertz CT molecular complexity index is 1030. The molecule has 0 saturated heterocycles. The van der Waals surface area contributed by atoms with Crippen molar-refractivity contribution in [3.05, 3.63) is 60.2 Å². The number of thioether (sulfide) groups is 1. The van der Waals surface area contributed by atoms with Crippen molar-refractivity contribution in [2.45, 2.75) is 17.8 Å². The zero-order valence-corrected chi connectivity index (χ0v) is 15.1. The number of pyridine rings is 1. The highest BCUT2D eigenvalue weighted by atomic mass is 32.2. The van der Waals surface area contributed by atoms with Crippen LogP contribution in [0.2, 0.25) is 0 Å². The van der Waals surface area contributed by atoms with Crippen molar-refractivity contribution < 1.29 is 4.52 Å². The summed E-state index contributed by atoms with van der Waals surface area (Å²) in [6, 6.07) is 11.8. The van der Waals surface area contributed by atoms with Crippen LogP contribution < -0.4 is 0 Å². The minimum Gasteiger partial charge on any atom is -0.338 e.